The van der Waals surface area contributed by atoms with E-state index in [9.17, 15) is 9.59 Å². The van der Waals surface area contributed by atoms with E-state index in [1.807, 2.05) is 0 Å². The zero-order chi connectivity index (χ0) is 15.1. The summed E-state index contributed by atoms with van der Waals surface area (Å²) in [6, 6.07) is 10.3. The van der Waals surface area contributed by atoms with Crippen LogP contribution in [0.2, 0.25) is 0 Å². The van der Waals surface area contributed by atoms with E-state index in [4.69, 9.17) is 0 Å². The van der Waals surface area contributed by atoms with Crippen molar-refractivity contribution in [3.05, 3.63) is 52.4 Å². The highest BCUT2D eigenvalue weighted by atomic mass is 32.1. The maximum absolute atomic E-state index is 12.3. The van der Waals surface area contributed by atoms with Crippen molar-refractivity contribution in [2.24, 2.45) is 0 Å². The molecule has 0 saturated heterocycles. The largest absolute Gasteiger partial charge is 0.323 e. The molecule has 0 atom stereocenters. The Kier molecular flexibility index (Phi) is 2.76. The second-order valence-corrected chi connectivity index (χ2v) is 5.29. The first-order chi connectivity index (χ1) is 10.7. The summed E-state index contributed by atoms with van der Waals surface area (Å²) in [6.07, 6.45) is 0. The van der Waals surface area contributed by atoms with Crippen LogP contribution in [-0.4, -0.2) is 24.6 Å². The molecule has 2 heterocycles. The van der Waals surface area contributed by atoms with Gasteiger partial charge in [0.1, 0.15) is 11.0 Å². The van der Waals surface area contributed by atoms with E-state index in [0.717, 1.165) is 17.2 Å². The van der Waals surface area contributed by atoms with Crippen LogP contribution in [0.25, 0.3) is 22.1 Å². The molecule has 0 spiro atoms. The molecule has 4 aromatic rings. The number of nitrogens with zero attached hydrogens (tertiary/aromatic N) is 2. The van der Waals surface area contributed by atoms with Gasteiger partial charge in [-0.1, -0.05) is 0 Å². The molecule has 0 aliphatic heterocycles. The van der Waals surface area contributed by atoms with Gasteiger partial charge >= 0.3 is 5.69 Å². The number of nitrogens with one attached hydrogen (secondary N) is 3. The molecule has 0 fully saturated rings. The Hall–Kier alpha value is -3.00. The van der Waals surface area contributed by atoms with Gasteiger partial charge in [0.05, 0.1) is 22.8 Å². The Labute approximate surface area is 127 Å². The van der Waals surface area contributed by atoms with Gasteiger partial charge in [-0.2, -0.15) is 8.75 Å². The van der Waals surface area contributed by atoms with E-state index in [2.05, 4.69) is 24.0 Å². The summed E-state index contributed by atoms with van der Waals surface area (Å²) in [5.41, 5.74) is 3.63. The smallest absolute Gasteiger partial charge is 0.322 e. The van der Waals surface area contributed by atoms with Crippen molar-refractivity contribution in [1.29, 1.82) is 0 Å². The lowest BCUT2D eigenvalue weighted by atomic mass is 10.2. The van der Waals surface area contributed by atoms with E-state index >= 15 is 0 Å². The monoisotopic (exact) mass is 311 g/mol. The Morgan fingerprint density at radius 2 is 1.82 bits per heavy atom. The molecule has 8 heteroatoms. The maximum atomic E-state index is 12.3. The van der Waals surface area contributed by atoms with Crippen LogP contribution in [0.4, 0.5) is 5.69 Å². The second kappa shape index (κ2) is 4.78. The van der Waals surface area contributed by atoms with E-state index in [-0.39, 0.29) is 11.6 Å². The minimum Gasteiger partial charge on any atom is -0.322 e. The van der Waals surface area contributed by atoms with Crippen LogP contribution in [0.3, 0.4) is 0 Å². The Morgan fingerprint density at radius 3 is 2.73 bits per heavy atom. The number of carbonyl (C=O) groups is 1. The SMILES string of the molecule is O=C(Nc1ccc2[nH]c(=O)[nH]c2c1)c1ccc2nsnc2c1. The molecule has 2 aromatic heterocycles. The quantitative estimate of drug-likeness (QED) is 0.527. The fraction of sp³-hybridized carbons (Fsp3) is 0. The standard InChI is InChI=1S/C14H9N5O2S/c20-13(7-1-3-10-12(5-7)19-22-18-10)15-8-2-4-9-11(6-8)17-14(21)16-9/h1-6H,(H,15,20)(H2,16,17,21). The van der Waals surface area contributed by atoms with Crippen molar-refractivity contribution >= 4 is 45.4 Å². The highest BCUT2D eigenvalue weighted by Crippen LogP contribution is 2.17. The molecule has 2 aromatic carbocycles. The molecule has 0 saturated carbocycles. The summed E-state index contributed by atoms with van der Waals surface area (Å²) in [5.74, 6) is -0.243. The molecule has 1 amide bonds. The number of anilines is 1. The Morgan fingerprint density at radius 1 is 1.00 bits per heavy atom. The van der Waals surface area contributed by atoms with Gasteiger partial charge in [-0.15, -0.1) is 0 Å². The van der Waals surface area contributed by atoms with Crippen molar-refractivity contribution in [2.45, 2.75) is 0 Å². The zero-order valence-corrected chi connectivity index (χ0v) is 11.9. The van der Waals surface area contributed by atoms with Crippen molar-refractivity contribution in [1.82, 2.24) is 18.7 Å². The molecule has 0 bridgehead atoms. The predicted octanol–water partition coefficient (Wildman–Crippen LogP) is 2.11. The first-order valence-electron chi connectivity index (χ1n) is 6.45. The number of fused-ring (bicyclic) bond motifs is 2. The van der Waals surface area contributed by atoms with E-state index in [1.54, 1.807) is 36.4 Å². The summed E-state index contributed by atoms with van der Waals surface area (Å²) in [5, 5.41) is 2.80. The number of rotatable bonds is 2. The van der Waals surface area contributed by atoms with Crippen LogP contribution in [0, 0.1) is 0 Å². The van der Waals surface area contributed by atoms with E-state index in [1.165, 1.54) is 0 Å². The first-order valence-corrected chi connectivity index (χ1v) is 7.18. The van der Waals surface area contributed by atoms with Crippen LogP contribution in [0.15, 0.2) is 41.2 Å². The molecule has 0 unspecified atom stereocenters. The highest BCUT2D eigenvalue weighted by molar-refractivity contribution is 7.00. The maximum Gasteiger partial charge on any atom is 0.323 e. The van der Waals surface area contributed by atoms with E-state index in [0.29, 0.717) is 27.8 Å². The normalized spacial score (nSPS) is 11.1. The average molecular weight is 311 g/mol. The van der Waals surface area contributed by atoms with Crippen LogP contribution >= 0.6 is 11.7 Å². The summed E-state index contributed by atoms with van der Waals surface area (Å²) in [6.45, 7) is 0. The van der Waals surface area contributed by atoms with E-state index < -0.39 is 0 Å². The topological polar surface area (TPSA) is 104 Å². The van der Waals surface area contributed by atoms with Gasteiger partial charge < -0.3 is 15.3 Å². The minimum atomic E-state index is -0.278. The first kappa shape index (κ1) is 12.7. The third-order valence-corrected chi connectivity index (χ3v) is 3.85. The second-order valence-electron chi connectivity index (χ2n) is 4.76. The molecule has 0 aliphatic rings. The van der Waals surface area contributed by atoms with Crippen molar-refractivity contribution in [3.8, 4) is 0 Å². The molecule has 0 radical (unpaired) electrons. The molecule has 3 N–H and O–H groups in total. The molecular formula is C14H9N5O2S. The Balaban J connectivity index is 1.65. The fourth-order valence-electron chi connectivity index (χ4n) is 2.24. The number of H-pyrrole nitrogens is 2. The number of aromatic amines is 2. The molecule has 7 nitrogen and oxygen atoms in total. The van der Waals surface area contributed by atoms with Gasteiger partial charge in [-0.05, 0) is 36.4 Å². The number of aromatic nitrogens is 4. The molecule has 22 heavy (non-hydrogen) atoms. The van der Waals surface area contributed by atoms with Gasteiger partial charge in [0, 0.05) is 11.3 Å². The summed E-state index contributed by atoms with van der Waals surface area (Å²) in [7, 11) is 0. The van der Waals surface area contributed by atoms with Gasteiger partial charge in [0.15, 0.2) is 0 Å². The fourth-order valence-corrected chi connectivity index (χ4v) is 2.75. The molecular weight excluding hydrogens is 302 g/mol. The number of carbonyl (C=O) groups excluding carboxylic acids is 1. The van der Waals surface area contributed by atoms with Crippen molar-refractivity contribution < 1.29 is 4.79 Å². The lowest BCUT2D eigenvalue weighted by molar-refractivity contribution is 0.102. The van der Waals surface area contributed by atoms with Gasteiger partial charge in [0.2, 0.25) is 0 Å². The van der Waals surface area contributed by atoms with Gasteiger partial charge in [0.25, 0.3) is 5.91 Å². The number of hydrogen-bond donors (Lipinski definition) is 3. The number of benzene rings is 2. The molecule has 4 rings (SSSR count). The molecule has 0 aliphatic carbocycles. The number of imidazole rings is 1. The highest BCUT2D eigenvalue weighted by Gasteiger charge is 2.09. The van der Waals surface area contributed by atoms with Crippen LogP contribution in [-0.2, 0) is 0 Å². The zero-order valence-electron chi connectivity index (χ0n) is 11.1. The van der Waals surface area contributed by atoms with Crippen LogP contribution < -0.4 is 11.0 Å². The number of amides is 1. The third-order valence-electron chi connectivity index (χ3n) is 3.29. The molecule has 108 valence electrons. The predicted molar refractivity (Wildman–Crippen MR) is 84.3 cm³/mol. The number of hydrogen-bond acceptors (Lipinski definition) is 5. The van der Waals surface area contributed by atoms with Gasteiger partial charge in [-0.25, -0.2) is 4.79 Å². The lowest BCUT2D eigenvalue weighted by Crippen LogP contribution is -2.11. The van der Waals surface area contributed by atoms with Crippen LogP contribution in [0.1, 0.15) is 10.4 Å². The summed E-state index contributed by atoms with van der Waals surface area (Å²) < 4.78 is 8.22. The lowest BCUT2D eigenvalue weighted by Gasteiger charge is -2.05. The van der Waals surface area contributed by atoms with Crippen molar-refractivity contribution in [3.63, 3.8) is 0 Å². The van der Waals surface area contributed by atoms with Gasteiger partial charge in [-0.3, -0.25) is 4.79 Å². The third kappa shape index (κ3) is 2.15. The summed E-state index contributed by atoms with van der Waals surface area (Å²) >= 11 is 1.11. The average Bonchev–Trinajstić information content (AvgIpc) is 3.10. The minimum absolute atomic E-state index is 0.243. The van der Waals surface area contributed by atoms with Crippen LogP contribution in [0.5, 0.6) is 0 Å². The van der Waals surface area contributed by atoms with Crippen molar-refractivity contribution in [2.75, 3.05) is 5.32 Å². The Bertz CT molecular complexity index is 1060. The summed E-state index contributed by atoms with van der Waals surface area (Å²) in [4.78, 5) is 28.8.